The third-order valence-corrected chi connectivity index (χ3v) is 1.72. The van der Waals surface area contributed by atoms with Gasteiger partial charge in [0, 0.05) is 6.42 Å². The molecule has 0 fully saturated rings. The van der Waals surface area contributed by atoms with Crippen molar-refractivity contribution in [1.29, 1.82) is 0 Å². The van der Waals surface area contributed by atoms with Gasteiger partial charge in [-0.3, -0.25) is 4.79 Å². The van der Waals surface area contributed by atoms with Crippen LogP contribution in [0.15, 0.2) is 23.8 Å². The van der Waals surface area contributed by atoms with E-state index in [0.717, 1.165) is 6.42 Å². The normalized spacial score (nSPS) is 11.4. The second-order valence-electron chi connectivity index (χ2n) is 2.84. The molecule has 11 heavy (non-hydrogen) atoms. The molecule has 0 N–H and O–H groups in total. The Labute approximate surface area is 68.8 Å². The molecule has 0 aromatic rings. The molecule has 0 radical (unpaired) electrons. The molecule has 0 spiro atoms. The van der Waals surface area contributed by atoms with Crippen LogP contribution in [-0.4, -0.2) is 5.78 Å². The molecule has 0 aliphatic rings. The predicted octanol–water partition coefficient (Wildman–Crippen LogP) is 2.88. The monoisotopic (exact) mass is 152 g/mol. The number of carbonyl (C=O) groups is 1. The summed E-state index contributed by atoms with van der Waals surface area (Å²) in [6.45, 7) is 9.37. The van der Waals surface area contributed by atoms with Crippen molar-refractivity contribution in [3.05, 3.63) is 23.8 Å². The van der Waals surface area contributed by atoms with Gasteiger partial charge in [-0.05, 0) is 32.8 Å². The van der Waals surface area contributed by atoms with E-state index in [1.54, 1.807) is 6.92 Å². The van der Waals surface area contributed by atoms with E-state index >= 15 is 0 Å². The Kier molecular flexibility index (Phi) is 4.51. The molecule has 0 aliphatic heterocycles. The Hall–Kier alpha value is -0.850. The van der Waals surface area contributed by atoms with E-state index in [-0.39, 0.29) is 5.78 Å². The molecular formula is C10H16O. The average molecular weight is 152 g/mol. The van der Waals surface area contributed by atoms with Crippen LogP contribution in [0.25, 0.3) is 0 Å². The SMILES string of the molecule is C=C(C)C(=O)CC/C(C)=C\C. The van der Waals surface area contributed by atoms with Crippen LogP contribution in [0.2, 0.25) is 0 Å². The smallest absolute Gasteiger partial charge is 0.158 e. The van der Waals surface area contributed by atoms with Crippen molar-refractivity contribution in [2.75, 3.05) is 0 Å². The molecule has 0 unspecified atom stereocenters. The van der Waals surface area contributed by atoms with E-state index in [2.05, 4.69) is 6.58 Å². The van der Waals surface area contributed by atoms with E-state index in [9.17, 15) is 4.79 Å². The first-order valence-electron chi connectivity index (χ1n) is 3.88. The maximum absolute atomic E-state index is 11.0. The highest BCUT2D eigenvalue weighted by Gasteiger charge is 2.01. The van der Waals surface area contributed by atoms with Crippen LogP contribution in [0.3, 0.4) is 0 Å². The Balaban J connectivity index is 3.72. The lowest BCUT2D eigenvalue weighted by atomic mass is 10.1. The molecule has 0 saturated carbocycles. The molecule has 62 valence electrons. The number of hydrogen-bond acceptors (Lipinski definition) is 1. The Morgan fingerprint density at radius 1 is 1.36 bits per heavy atom. The highest BCUT2D eigenvalue weighted by Crippen LogP contribution is 2.06. The topological polar surface area (TPSA) is 17.1 Å². The minimum Gasteiger partial charge on any atom is -0.295 e. The third kappa shape index (κ3) is 4.54. The first kappa shape index (κ1) is 10.2. The van der Waals surface area contributed by atoms with Crippen molar-refractivity contribution in [3.8, 4) is 0 Å². The number of rotatable bonds is 4. The summed E-state index contributed by atoms with van der Waals surface area (Å²) in [7, 11) is 0. The zero-order chi connectivity index (χ0) is 8.85. The molecule has 0 atom stereocenters. The Bertz CT molecular complexity index is 187. The summed E-state index contributed by atoms with van der Waals surface area (Å²) in [5.74, 6) is 0.172. The second-order valence-corrected chi connectivity index (χ2v) is 2.84. The van der Waals surface area contributed by atoms with Gasteiger partial charge in [-0.25, -0.2) is 0 Å². The van der Waals surface area contributed by atoms with Crippen LogP contribution in [-0.2, 0) is 4.79 Å². The maximum atomic E-state index is 11.0. The molecule has 0 bridgehead atoms. The minimum atomic E-state index is 0.172. The van der Waals surface area contributed by atoms with Gasteiger partial charge in [-0.1, -0.05) is 18.2 Å². The molecule has 0 aliphatic carbocycles. The van der Waals surface area contributed by atoms with Gasteiger partial charge in [0.25, 0.3) is 0 Å². The highest BCUT2D eigenvalue weighted by molar-refractivity contribution is 5.94. The van der Waals surface area contributed by atoms with Crippen molar-refractivity contribution >= 4 is 5.78 Å². The van der Waals surface area contributed by atoms with E-state index in [1.807, 2.05) is 19.9 Å². The van der Waals surface area contributed by atoms with Gasteiger partial charge < -0.3 is 0 Å². The summed E-state index contributed by atoms with van der Waals surface area (Å²) in [5, 5.41) is 0. The number of allylic oxidation sites excluding steroid dienone is 3. The summed E-state index contributed by atoms with van der Waals surface area (Å²) < 4.78 is 0. The van der Waals surface area contributed by atoms with Crippen molar-refractivity contribution in [2.45, 2.75) is 33.6 Å². The van der Waals surface area contributed by atoms with Gasteiger partial charge in [0.1, 0.15) is 0 Å². The summed E-state index contributed by atoms with van der Waals surface area (Å²) in [6.07, 6.45) is 3.50. The van der Waals surface area contributed by atoms with Gasteiger partial charge in [-0.2, -0.15) is 0 Å². The van der Waals surface area contributed by atoms with Gasteiger partial charge in [0.05, 0.1) is 0 Å². The zero-order valence-corrected chi connectivity index (χ0v) is 7.61. The largest absolute Gasteiger partial charge is 0.295 e. The van der Waals surface area contributed by atoms with Crippen LogP contribution in [0.4, 0.5) is 0 Å². The fraction of sp³-hybridized carbons (Fsp3) is 0.500. The Morgan fingerprint density at radius 3 is 2.27 bits per heavy atom. The van der Waals surface area contributed by atoms with Crippen LogP contribution >= 0.6 is 0 Å². The van der Waals surface area contributed by atoms with Crippen molar-refractivity contribution in [3.63, 3.8) is 0 Å². The molecule has 1 heteroatoms. The van der Waals surface area contributed by atoms with Crippen molar-refractivity contribution in [2.24, 2.45) is 0 Å². The van der Waals surface area contributed by atoms with Gasteiger partial charge in [0.2, 0.25) is 0 Å². The molecule has 0 aromatic heterocycles. The second kappa shape index (κ2) is 4.89. The fourth-order valence-electron chi connectivity index (χ4n) is 0.668. The molecular weight excluding hydrogens is 136 g/mol. The van der Waals surface area contributed by atoms with E-state index in [4.69, 9.17) is 0 Å². The van der Waals surface area contributed by atoms with Crippen LogP contribution in [0, 0.1) is 0 Å². The Morgan fingerprint density at radius 2 is 1.91 bits per heavy atom. The summed E-state index contributed by atoms with van der Waals surface area (Å²) in [6, 6.07) is 0. The highest BCUT2D eigenvalue weighted by atomic mass is 16.1. The molecule has 1 nitrogen and oxygen atoms in total. The number of hydrogen-bond donors (Lipinski definition) is 0. The lowest BCUT2D eigenvalue weighted by Gasteiger charge is -1.98. The molecule has 0 aromatic carbocycles. The van der Waals surface area contributed by atoms with Crippen LogP contribution < -0.4 is 0 Å². The lowest BCUT2D eigenvalue weighted by Crippen LogP contribution is -1.97. The van der Waals surface area contributed by atoms with Gasteiger partial charge in [-0.15, -0.1) is 0 Å². The molecule has 0 amide bonds. The third-order valence-electron chi connectivity index (χ3n) is 1.72. The number of Topliss-reactive ketones (excluding diaryl/α,β-unsaturated/α-hetero) is 1. The first-order valence-corrected chi connectivity index (χ1v) is 3.88. The van der Waals surface area contributed by atoms with Crippen molar-refractivity contribution in [1.82, 2.24) is 0 Å². The predicted molar refractivity (Wildman–Crippen MR) is 48.5 cm³/mol. The number of ketones is 1. The van der Waals surface area contributed by atoms with Gasteiger partial charge >= 0.3 is 0 Å². The summed E-state index contributed by atoms with van der Waals surface area (Å²) in [5.41, 5.74) is 1.92. The zero-order valence-electron chi connectivity index (χ0n) is 7.61. The quantitative estimate of drug-likeness (QED) is 0.447. The minimum absolute atomic E-state index is 0.172. The van der Waals surface area contributed by atoms with E-state index in [1.165, 1.54) is 5.57 Å². The van der Waals surface area contributed by atoms with E-state index < -0.39 is 0 Å². The molecule has 0 saturated heterocycles. The number of carbonyl (C=O) groups excluding carboxylic acids is 1. The first-order chi connectivity index (χ1) is 5.07. The van der Waals surface area contributed by atoms with Crippen molar-refractivity contribution < 1.29 is 4.79 Å². The fourth-order valence-corrected chi connectivity index (χ4v) is 0.668. The lowest BCUT2D eigenvalue weighted by molar-refractivity contribution is -0.115. The average Bonchev–Trinajstić information content (AvgIpc) is 1.99. The van der Waals surface area contributed by atoms with Gasteiger partial charge in [0.15, 0.2) is 5.78 Å². The molecule has 0 heterocycles. The summed E-state index contributed by atoms with van der Waals surface area (Å²) in [4.78, 5) is 11.0. The van der Waals surface area contributed by atoms with Crippen LogP contribution in [0.1, 0.15) is 33.6 Å². The standard InChI is InChI=1S/C10H16O/c1-5-9(4)6-7-10(11)8(2)3/h5H,2,6-7H2,1,3-4H3/b9-5-. The molecule has 0 rings (SSSR count). The maximum Gasteiger partial charge on any atom is 0.158 e. The summed E-state index contributed by atoms with van der Waals surface area (Å²) >= 11 is 0. The van der Waals surface area contributed by atoms with E-state index in [0.29, 0.717) is 12.0 Å². The van der Waals surface area contributed by atoms with Crippen LogP contribution in [0.5, 0.6) is 0 Å².